The number of nitrogens with zero attached hydrogens (tertiary/aromatic N) is 3. The lowest BCUT2D eigenvalue weighted by atomic mass is 10.2. The quantitative estimate of drug-likeness (QED) is 0.842. The normalized spacial score (nSPS) is 11.6. The van der Waals surface area contributed by atoms with Gasteiger partial charge in [-0.3, -0.25) is 0 Å². The van der Waals surface area contributed by atoms with E-state index >= 15 is 0 Å². The molecule has 1 heterocycles. The molecular formula is C11H12BrN3O2S2. The standard InChI is InChI=1S/C11H12BrN3O2S2/c1-7-9(12)5-4-6-10(7)19(16,17)15(3)11-14-13-8(2)18-11/h4-6H,1-3H3. The van der Waals surface area contributed by atoms with Crippen molar-refractivity contribution in [1.29, 1.82) is 0 Å². The van der Waals surface area contributed by atoms with Gasteiger partial charge >= 0.3 is 0 Å². The minimum atomic E-state index is -3.62. The number of aromatic nitrogens is 2. The van der Waals surface area contributed by atoms with Crippen molar-refractivity contribution in [2.75, 3.05) is 11.4 Å². The van der Waals surface area contributed by atoms with Crippen LogP contribution in [0.2, 0.25) is 0 Å². The predicted octanol–water partition coefficient (Wildman–Crippen LogP) is 2.74. The second-order valence-corrected chi connectivity index (χ2v) is 7.89. The van der Waals surface area contributed by atoms with Gasteiger partial charge in [0.05, 0.1) is 4.90 Å². The number of sulfonamides is 1. The summed E-state index contributed by atoms with van der Waals surface area (Å²) in [7, 11) is -2.14. The minimum absolute atomic E-state index is 0.261. The Morgan fingerprint density at radius 1 is 1.26 bits per heavy atom. The van der Waals surface area contributed by atoms with Gasteiger partial charge in [0.1, 0.15) is 5.01 Å². The van der Waals surface area contributed by atoms with Gasteiger partial charge in [-0.05, 0) is 31.5 Å². The van der Waals surface area contributed by atoms with Crippen LogP contribution in [-0.2, 0) is 10.0 Å². The lowest BCUT2D eigenvalue weighted by Gasteiger charge is -2.17. The maximum Gasteiger partial charge on any atom is 0.266 e. The van der Waals surface area contributed by atoms with Gasteiger partial charge in [0.25, 0.3) is 10.0 Å². The number of hydrogen-bond acceptors (Lipinski definition) is 5. The minimum Gasteiger partial charge on any atom is -0.243 e. The molecule has 0 amide bonds. The highest BCUT2D eigenvalue weighted by Gasteiger charge is 2.26. The van der Waals surface area contributed by atoms with Crippen molar-refractivity contribution in [3.8, 4) is 0 Å². The molecular weight excluding hydrogens is 350 g/mol. The zero-order chi connectivity index (χ0) is 14.2. The van der Waals surface area contributed by atoms with E-state index < -0.39 is 10.0 Å². The molecule has 0 N–H and O–H groups in total. The fourth-order valence-electron chi connectivity index (χ4n) is 1.53. The summed E-state index contributed by atoms with van der Waals surface area (Å²) in [4.78, 5) is 0.261. The van der Waals surface area contributed by atoms with Gasteiger partial charge in [0.2, 0.25) is 5.13 Å². The van der Waals surface area contributed by atoms with Gasteiger partial charge in [-0.2, -0.15) is 0 Å². The first kappa shape index (κ1) is 14.4. The molecule has 0 fully saturated rings. The van der Waals surface area contributed by atoms with Crippen LogP contribution < -0.4 is 4.31 Å². The van der Waals surface area contributed by atoms with Crippen LogP contribution in [-0.4, -0.2) is 25.7 Å². The van der Waals surface area contributed by atoms with Crippen molar-refractivity contribution >= 4 is 42.4 Å². The molecule has 0 aliphatic carbocycles. The summed E-state index contributed by atoms with van der Waals surface area (Å²) >= 11 is 4.58. The van der Waals surface area contributed by atoms with Gasteiger partial charge in [-0.25, -0.2) is 12.7 Å². The summed E-state index contributed by atoms with van der Waals surface area (Å²) < 4.78 is 27.0. The molecule has 5 nitrogen and oxygen atoms in total. The fourth-order valence-corrected chi connectivity index (χ4v) is 4.28. The van der Waals surface area contributed by atoms with Crippen molar-refractivity contribution in [3.05, 3.63) is 33.2 Å². The van der Waals surface area contributed by atoms with Crippen molar-refractivity contribution in [2.24, 2.45) is 0 Å². The van der Waals surface area contributed by atoms with Crippen LogP contribution in [0.4, 0.5) is 5.13 Å². The Kier molecular flexibility index (Phi) is 3.93. The molecule has 0 aliphatic heterocycles. The molecule has 19 heavy (non-hydrogen) atoms. The van der Waals surface area contributed by atoms with E-state index in [9.17, 15) is 8.42 Å². The van der Waals surface area contributed by atoms with E-state index in [0.29, 0.717) is 10.7 Å². The highest BCUT2D eigenvalue weighted by Crippen LogP contribution is 2.29. The van der Waals surface area contributed by atoms with E-state index in [0.717, 1.165) is 13.8 Å². The molecule has 0 saturated heterocycles. The number of halogens is 1. The molecule has 0 radical (unpaired) electrons. The van der Waals surface area contributed by atoms with Crippen LogP contribution >= 0.6 is 27.3 Å². The van der Waals surface area contributed by atoms with Crippen molar-refractivity contribution < 1.29 is 8.42 Å². The summed E-state index contributed by atoms with van der Waals surface area (Å²) in [5.41, 5.74) is 0.676. The van der Waals surface area contributed by atoms with Crippen molar-refractivity contribution in [3.63, 3.8) is 0 Å². The summed E-state index contributed by atoms with van der Waals surface area (Å²) in [5, 5.41) is 8.78. The smallest absolute Gasteiger partial charge is 0.243 e. The molecule has 0 unspecified atom stereocenters. The van der Waals surface area contributed by atoms with E-state index in [2.05, 4.69) is 26.1 Å². The molecule has 1 aromatic heterocycles. The maximum absolute atomic E-state index is 12.6. The van der Waals surface area contributed by atoms with Crippen LogP contribution in [0.1, 0.15) is 10.6 Å². The first-order chi connectivity index (χ1) is 8.84. The Labute approximate surface area is 124 Å². The monoisotopic (exact) mass is 361 g/mol. The molecule has 0 spiro atoms. The molecule has 0 aliphatic rings. The predicted molar refractivity (Wildman–Crippen MR) is 79.1 cm³/mol. The summed E-state index contributed by atoms with van der Waals surface area (Å²) in [6.45, 7) is 3.54. The van der Waals surface area contributed by atoms with Crippen LogP contribution in [0.5, 0.6) is 0 Å². The molecule has 2 rings (SSSR count). The third-order valence-electron chi connectivity index (χ3n) is 2.64. The number of hydrogen-bond donors (Lipinski definition) is 0. The summed E-state index contributed by atoms with van der Waals surface area (Å²) in [5.74, 6) is 0. The average Bonchev–Trinajstić information content (AvgIpc) is 2.78. The van der Waals surface area contributed by atoms with Gasteiger partial charge in [0.15, 0.2) is 0 Å². The SMILES string of the molecule is Cc1nnc(N(C)S(=O)(=O)c2cccc(Br)c2C)s1. The molecule has 2 aromatic rings. The van der Waals surface area contributed by atoms with Gasteiger partial charge in [-0.1, -0.05) is 33.3 Å². The molecule has 0 bridgehead atoms. The Bertz CT molecular complexity index is 712. The molecule has 102 valence electrons. The molecule has 0 saturated carbocycles. The Morgan fingerprint density at radius 2 is 1.95 bits per heavy atom. The lowest BCUT2D eigenvalue weighted by Crippen LogP contribution is -2.27. The zero-order valence-corrected chi connectivity index (χ0v) is 13.8. The zero-order valence-electron chi connectivity index (χ0n) is 10.6. The van der Waals surface area contributed by atoms with Crippen LogP contribution in [0, 0.1) is 13.8 Å². The van der Waals surface area contributed by atoms with E-state index in [4.69, 9.17) is 0 Å². The van der Waals surface area contributed by atoms with Crippen LogP contribution in [0.3, 0.4) is 0 Å². The fraction of sp³-hybridized carbons (Fsp3) is 0.273. The topological polar surface area (TPSA) is 63.2 Å². The Morgan fingerprint density at radius 3 is 2.53 bits per heavy atom. The first-order valence-corrected chi connectivity index (χ1v) is 8.43. The van der Waals surface area contributed by atoms with E-state index in [1.807, 2.05) is 6.07 Å². The molecule has 1 aromatic carbocycles. The Balaban J connectivity index is 2.51. The number of anilines is 1. The number of benzene rings is 1. The van der Waals surface area contributed by atoms with Crippen LogP contribution in [0.15, 0.2) is 27.6 Å². The number of rotatable bonds is 3. The highest BCUT2D eigenvalue weighted by atomic mass is 79.9. The Hall–Kier alpha value is -0.990. The second-order valence-electron chi connectivity index (χ2n) is 3.94. The van der Waals surface area contributed by atoms with Crippen molar-refractivity contribution in [2.45, 2.75) is 18.7 Å². The summed E-state index contributed by atoms with van der Waals surface area (Å²) in [6.07, 6.45) is 0. The second kappa shape index (κ2) is 5.18. The van der Waals surface area contributed by atoms with Crippen molar-refractivity contribution in [1.82, 2.24) is 10.2 Å². The number of aryl methyl sites for hydroxylation is 1. The third kappa shape index (κ3) is 2.65. The van der Waals surface area contributed by atoms with E-state index in [1.54, 1.807) is 26.0 Å². The first-order valence-electron chi connectivity index (χ1n) is 5.38. The van der Waals surface area contributed by atoms with Crippen LogP contribution in [0.25, 0.3) is 0 Å². The summed E-state index contributed by atoms with van der Waals surface area (Å²) in [6, 6.07) is 5.09. The average molecular weight is 362 g/mol. The largest absolute Gasteiger partial charge is 0.266 e. The molecule has 8 heteroatoms. The highest BCUT2D eigenvalue weighted by molar-refractivity contribution is 9.10. The molecule has 0 atom stereocenters. The third-order valence-corrected chi connectivity index (χ3v) is 6.42. The van der Waals surface area contributed by atoms with E-state index in [1.165, 1.54) is 18.4 Å². The van der Waals surface area contributed by atoms with Gasteiger partial charge in [0, 0.05) is 11.5 Å². The van der Waals surface area contributed by atoms with E-state index in [-0.39, 0.29) is 4.90 Å². The lowest BCUT2D eigenvalue weighted by molar-refractivity contribution is 0.593. The van der Waals surface area contributed by atoms with Gasteiger partial charge < -0.3 is 0 Å². The van der Waals surface area contributed by atoms with Gasteiger partial charge in [-0.15, -0.1) is 10.2 Å². The maximum atomic E-state index is 12.6.